The standard InChI is InChI=1S/C69H89F2N8O14P/c1-5-45-26-30-48(31-27-45)62(83)72-38-17-15-22-53(63(84)73-37-16-10-8-6-7-9-14-24-58(80)74-52-23-18-21-51-61(52)68(89)79(67(51)88)56-35-36-59(81)78-66(56)87)76-65(86)55(41-47-28-32-49(33-29-47)69(70,71)94(90,91)92)77-64(85)54(40-46-19-12-11-13-20-46)75-60(82)42-93-57-39-44(4)25-34-50(57)43(2)3/h11-13,18-21,23,26-33,43-44,50,53-57H,5-10,14-17,22,24-25,34-42H2,1-4H3,(H,72,83)(H,73,84)(H,74,80)(H,75,82)(H,76,86)(H,77,85)(H,78,81,87)(H2,90,91,92)/t44-,50+,53-,54-,55-,56?,57-/m0/s1. The van der Waals surface area contributed by atoms with Gasteiger partial charge >= 0.3 is 13.3 Å². The number of amides is 10. The van der Waals surface area contributed by atoms with Crippen LogP contribution in [0, 0.1) is 17.8 Å². The van der Waals surface area contributed by atoms with Crippen molar-refractivity contribution in [2.45, 2.75) is 186 Å². The summed E-state index contributed by atoms with van der Waals surface area (Å²) in [6, 6.07) is 19.4. The number of hydrogen-bond acceptors (Lipinski definition) is 12. The lowest BCUT2D eigenvalue weighted by atomic mass is 9.75. The van der Waals surface area contributed by atoms with Gasteiger partial charge in [-0.15, -0.1) is 0 Å². The van der Waals surface area contributed by atoms with E-state index in [2.05, 4.69) is 58.0 Å². The van der Waals surface area contributed by atoms with E-state index in [1.54, 1.807) is 42.5 Å². The van der Waals surface area contributed by atoms with Crippen LogP contribution in [0.4, 0.5) is 14.5 Å². The van der Waals surface area contributed by atoms with Crippen LogP contribution >= 0.6 is 7.60 Å². The molecule has 94 heavy (non-hydrogen) atoms. The van der Waals surface area contributed by atoms with Crippen molar-refractivity contribution >= 4 is 72.4 Å². The first-order valence-corrected chi connectivity index (χ1v) is 34.3. The van der Waals surface area contributed by atoms with Crippen LogP contribution in [0.5, 0.6) is 0 Å². The second-order valence-electron chi connectivity index (χ2n) is 25.1. The van der Waals surface area contributed by atoms with Crippen molar-refractivity contribution in [2.24, 2.45) is 17.8 Å². The molecule has 9 N–H and O–H groups in total. The van der Waals surface area contributed by atoms with Crippen LogP contribution in [0.25, 0.3) is 0 Å². The Bertz CT molecular complexity index is 3370. The van der Waals surface area contributed by atoms with E-state index >= 15 is 0 Å². The Morgan fingerprint density at radius 1 is 0.670 bits per heavy atom. The van der Waals surface area contributed by atoms with Crippen molar-refractivity contribution in [2.75, 3.05) is 25.0 Å². The highest BCUT2D eigenvalue weighted by molar-refractivity contribution is 7.52. The molecule has 0 aromatic heterocycles. The smallest absolute Gasteiger partial charge is 0.368 e. The average molecular weight is 1320 g/mol. The third kappa shape index (κ3) is 20.7. The first-order valence-electron chi connectivity index (χ1n) is 32.7. The monoisotopic (exact) mass is 1320 g/mol. The number of unbranched alkanes of at least 4 members (excludes halogenated alkanes) is 7. The molecule has 4 aromatic carbocycles. The van der Waals surface area contributed by atoms with E-state index in [1.165, 1.54) is 18.2 Å². The molecule has 10 amide bonds. The second kappa shape index (κ2) is 34.9. The molecule has 508 valence electrons. The summed E-state index contributed by atoms with van der Waals surface area (Å²) < 4.78 is 47.7. The van der Waals surface area contributed by atoms with Crippen LogP contribution in [-0.4, -0.2) is 124 Å². The Balaban J connectivity index is 0.972. The second-order valence-corrected chi connectivity index (χ2v) is 26.8. The molecule has 0 bridgehead atoms. The molecule has 0 spiro atoms. The van der Waals surface area contributed by atoms with Crippen LogP contribution in [0.3, 0.4) is 0 Å². The number of nitrogens with one attached hydrogen (secondary N) is 7. The Kier molecular flexibility index (Phi) is 27.2. The van der Waals surface area contributed by atoms with Crippen LogP contribution < -0.4 is 37.2 Å². The van der Waals surface area contributed by atoms with Gasteiger partial charge in [0.25, 0.3) is 17.7 Å². The summed E-state index contributed by atoms with van der Waals surface area (Å²) in [6.45, 7) is 8.52. The number of aryl methyl sites for hydroxylation is 1. The zero-order valence-electron chi connectivity index (χ0n) is 53.9. The fourth-order valence-electron chi connectivity index (χ4n) is 12.2. The number of carbonyl (C=O) groups is 10. The summed E-state index contributed by atoms with van der Waals surface area (Å²) in [7, 11) is -5.94. The number of carbonyl (C=O) groups excluding carboxylic acids is 10. The number of ether oxygens (including phenoxy) is 1. The fraction of sp³-hybridized carbons (Fsp3) is 0.507. The van der Waals surface area contributed by atoms with Crippen molar-refractivity contribution in [3.05, 3.63) is 136 Å². The van der Waals surface area contributed by atoms with E-state index in [-0.39, 0.29) is 104 Å². The Morgan fingerprint density at radius 2 is 1.28 bits per heavy atom. The minimum Gasteiger partial charge on any atom is -0.368 e. The van der Waals surface area contributed by atoms with Crippen LogP contribution in [0.15, 0.2) is 97.1 Å². The lowest BCUT2D eigenvalue weighted by Gasteiger charge is -2.37. The molecule has 2 fully saturated rings. The molecule has 0 radical (unpaired) electrons. The molecule has 25 heteroatoms. The molecule has 1 saturated carbocycles. The van der Waals surface area contributed by atoms with Crippen molar-refractivity contribution in [1.29, 1.82) is 0 Å². The molecule has 2 heterocycles. The number of hydrogen-bond donors (Lipinski definition) is 9. The Morgan fingerprint density at radius 3 is 1.93 bits per heavy atom. The largest absolute Gasteiger partial charge is 0.399 e. The molecule has 7 atom stereocenters. The average Bonchev–Trinajstić information content (AvgIpc) is 1.60. The van der Waals surface area contributed by atoms with Gasteiger partial charge in [-0.3, -0.25) is 62.7 Å². The third-order valence-corrected chi connectivity index (χ3v) is 18.6. The molecular weight excluding hydrogens is 1230 g/mol. The van der Waals surface area contributed by atoms with E-state index in [0.717, 1.165) is 86.1 Å². The number of anilines is 1. The Hall–Kier alpha value is -8.05. The molecule has 3 aliphatic rings. The van der Waals surface area contributed by atoms with E-state index in [1.807, 2.05) is 19.1 Å². The zero-order chi connectivity index (χ0) is 68.1. The minimum absolute atomic E-state index is 0.00299. The highest BCUT2D eigenvalue weighted by Crippen LogP contribution is 2.59. The van der Waals surface area contributed by atoms with Crippen LogP contribution in [0.2, 0.25) is 0 Å². The highest BCUT2D eigenvalue weighted by Gasteiger charge is 2.50. The lowest BCUT2D eigenvalue weighted by molar-refractivity contribution is -0.136. The molecule has 2 aliphatic heterocycles. The van der Waals surface area contributed by atoms with Crippen molar-refractivity contribution in [3.8, 4) is 0 Å². The van der Waals surface area contributed by atoms with E-state index in [0.29, 0.717) is 55.1 Å². The molecule has 7 rings (SSSR count). The maximum absolute atomic E-state index is 14.8. The zero-order valence-corrected chi connectivity index (χ0v) is 54.8. The number of alkyl halides is 2. The number of halogens is 2. The van der Waals surface area contributed by atoms with E-state index in [4.69, 9.17) is 4.74 Å². The minimum atomic E-state index is -5.94. The normalized spacial score (nSPS) is 18.3. The number of rotatable bonds is 35. The van der Waals surface area contributed by atoms with Gasteiger partial charge in [-0.05, 0) is 116 Å². The van der Waals surface area contributed by atoms with Gasteiger partial charge < -0.3 is 46.4 Å². The first kappa shape index (κ1) is 73.4. The topological polar surface area (TPSA) is 325 Å². The molecule has 1 unspecified atom stereocenters. The van der Waals surface area contributed by atoms with Crippen molar-refractivity contribution in [3.63, 3.8) is 0 Å². The summed E-state index contributed by atoms with van der Waals surface area (Å²) in [5.41, 5.74) is -2.90. The molecule has 4 aromatic rings. The third-order valence-electron chi connectivity index (χ3n) is 17.6. The molecule has 22 nitrogen and oxygen atoms in total. The number of imide groups is 2. The summed E-state index contributed by atoms with van der Waals surface area (Å²) in [6.07, 6.45) is 8.91. The molecule has 1 saturated heterocycles. The van der Waals surface area contributed by atoms with Gasteiger partial charge in [0.1, 0.15) is 30.8 Å². The van der Waals surface area contributed by atoms with Gasteiger partial charge in [-0.2, -0.15) is 8.78 Å². The highest BCUT2D eigenvalue weighted by atomic mass is 31.2. The SMILES string of the molecule is CCc1ccc(C(=O)NCCCC[C@H](NC(=O)[C@H](Cc2ccc(C(F)(F)P(=O)(O)O)cc2)NC(=O)[C@H](Cc2ccccc2)NC(=O)CO[C@H]2C[C@@H](C)CC[C@@H]2C(C)C)C(=O)NCCCCCCCCCC(=O)Nc2cccc3c2C(=O)N(C2CCC(=O)NC2=O)C3=O)cc1. The molecule has 1 aliphatic carbocycles. The van der Waals surface area contributed by atoms with Crippen LogP contribution in [0.1, 0.15) is 184 Å². The fourth-order valence-corrected chi connectivity index (χ4v) is 12.7. The van der Waals surface area contributed by atoms with Gasteiger partial charge in [-0.1, -0.05) is 139 Å². The van der Waals surface area contributed by atoms with E-state index < -0.39 is 90.2 Å². The molecular formula is C69H89F2N8O14P. The maximum Gasteiger partial charge on any atom is 0.399 e. The first-order chi connectivity index (χ1) is 44.8. The van der Waals surface area contributed by atoms with Gasteiger partial charge in [0.05, 0.1) is 22.9 Å². The van der Waals surface area contributed by atoms with Crippen molar-refractivity contribution < 1.29 is 75.8 Å². The quantitative estimate of drug-likeness (QED) is 0.0120. The van der Waals surface area contributed by atoms with Gasteiger partial charge in [0.2, 0.25) is 41.4 Å². The van der Waals surface area contributed by atoms with Gasteiger partial charge in [0.15, 0.2) is 0 Å². The summed E-state index contributed by atoms with van der Waals surface area (Å²) >= 11 is 0. The summed E-state index contributed by atoms with van der Waals surface area (Å²) in [5.74, 6) is -5.07. The maximum atomic E-state index is 14.8. The van der Waals surface area contributed by atoms with Crippen LogP contribution in [-0.2, 0) is 67.8 Å². The van der Waals surface area contributed by atoms with Crippen molar-refractivity contribution in [1.82, 2.24) is 36.8 Å². The number of piperidine rings is 1. The number of nitrogens with zero attached hydrogens (tertiary/aromatic N) is 1. The predicted octanol–water partition coefficient (Wildman–Crippen LogP) is 8.07. The number of benzene rings is 4. The lowest BCUT2D eigenvalue weighted by Crippen LogP contribution is -2.58. The van der Waals surface area contributed by atoms with Gasteiger partial charge in [-0.25, -0.2) is 0 Å². The van der Waals surface area contributed by atoms with Gasteiger partial charge in [0, 0.05) is 49.9 Å². The summed E-state index contributed by atoms with van der Waals surface area (Å²) in [4.78, 5) is 154. The Labute approximate surface area is 547 Å². The number of fused-ring (bicyclic) bond motifs is 1. The predicted molar refractivity (Wildman–Crippen MR) is 347 cm³/mol. The summed E-state index contributed by atoms with van der Waals surface area (Å²) in [5, 5.41) is 19.1. The van der Waals surface area contributed by atoms with E-state index in [9.17, 15) is 71.1 Å².